The molecule has 0 aliphatic carbocycles. The van der Waals surface area contributed by atoms with Gasteiger partial charge in [0.05, 0.1) is 58.3 Å². The van der Waals surface area contributed by atoms with E-state index < -0.39 is 12.0 Å². The molecule has 4 aromatic rings. The first-order valence-corrected chi connectivity index (χ1v) is 16.7. The maximum absolute atomic E-state index is 14.1. The molecule has 1 atom stereocenters. The molecule has 0 bridgehead atoms. The van der Waals surface area contributed by atoms with Gasteiger partial charge in [0.25, 0.3) is 5.56 Å². The fourth-order valence-corrected chi connectivity index (χ4v) is 7.16. The summed E-state index contributed by atoms with van der Waals surface area (Å²) in [6.07, 6.45) is 1.78. The average molecular weight is 767 g/mol. The molecule has 12 heteroatoms. The van der Waals surface area contributed by atoms with Gasteiger partial charge in [-0.05, 0) is 84.2 Å². The molecule has 0 amide bonds. The molecular weight excluding hydrogens is 738 g/mol. The van der Waals surface area contributed by atoms with Crippen LogP contribution in [0.15, 0.2) is 84.6 Å². The minimum Gasteiger partial charge on any atom is -0.493 e. The van der Waals surface area contributed by atoms with Gasteiger partial charge >= 0.3 is 5.97 Å². The van der Waals surface area contributed by atoms with Crippen molar-refractivity contribution >= 4 is 55.2 Å². The number of ether oxygens (including phenoxy) is 4. The van der Waals surface area contributed by atoms with Gasteiger partial charge < -0.3 is 18.9 Å². The van der Waals surface area contributed by atoms with Crippen molar-refractivity contribution in [2.45, 2.75) is 33.4 Å². The van der Waals surface area contributed by atoms with Gasteiger partial charge in [0, 0.05) is 10.0 Å². The highest BCUT2D eigenvalue weighted by Gasteiger charge is 2.35. The number of hydrogen-bond donors (Lipinski definition) is 0. The number of hydrogen-bond acceptors (Lipinski definition) is 9. The highest BCUT2D eigenvalue weighted by atomic mass is 79.9. The second-order valence-electron chi connectivity index (χ2n) is 10.0. The van der Waals surface area contributed by atoms with Gasteiger partial charge in [-0.15, -0.1) is 0 Å². The summed E-state index contributed by atoms with van der Waals surface area (Å²) < 4.78 is 26.0. The number of carbonyl (C=O) groups excluding carboxylic acids is 1. The number of nitriles is 1. The Morgan fingerprint density at radius 1 is 1.04 bits per heavy atom. The monoisotopic (exact) mass is 765 g/mol. The number of halogens is 2. The molecule has 0 saturated heterocycles. The van der Waals surface area contributed by atoms with Gasteiger partial charge in [-0.2, -0.15) is 5.26 Å². The lowest BCUT2D eigenvalue weighted by Crippen LogP contribution is -2.40. The van der Waals surface area contributed by atoms with E-state index in [2.05, 4.69) is 42.9 Å². The van der Waals surface area contributed by atoms with Crippen molar-refractivity contribution < 1.29 is 23.7 Å². The molecule has 5 rings (SSSR count). The maximum atomic E-state index is 14.1. The van der Waals surface area contributed by atoms with Crippen molar-refractivity contribution in [1.82, 2.24) is 4.57 Å². The molecule has 0 unspecified atom stereocenters. The van der Waals surface area contributed by atoms with E-state index in [9.17, 15) is 14.9 Å². The Kier molecular flexibility index (Phi) is 10.5. The predicted octanol–water partition coefficient (Wildman–Crippen LogP) is 6.18. The van der Waals surface area contributed by atoms with Crippen molar-refractivity contribution in [2.24, 2.45) is 4.99 Å². The second kappa shape index (κ2) is 14.5. The lowest BCUT2D eigenvalue weighted by atomic mass is 9.95. The summed E-state index contributed by atoms with van der Waals surface area (Å²) in [6.45, 7) is 6.17. The van der Waals surface area contributed by atoms with E-state index in [1.54, 1.807) is 44.2 Å². The first kappa shape index (κ1) is 33.2. The van der Waals surface area contributed by atoms with Crippen LogP contribution < -0.4 is 29.1 Å². The second-order valence-corrected chi connectivity index (χ2v) is 12.7. The van der Waals surface area contributed by atoms with E-state index in [0.29, 0.717) is 59.0 Å². The van der Waals surface area contributed by atoms with Gasteiger partial charge in [-0.25, -0.2) is 9.79 Å². The van der Waals surface area contributed by atoms with E-state index in [4.69, 9.17) is 18.9 Å². The average Bonchev–Trinajstić information content (AvgIpc) is 3.34. The molecule has 46 heavy (non-hydrogen) atoms. The zero-order valence-corrected chi connectivity index (χ0v) is 29.4. The minimum atomic E-state index is -0.838. The zero-order chi connectivity index (χ0) is 33.0. The third-order valence-corrected chi connectivity index (χ3v) is 9.46. The van der Waals surface area contributed by atoms with Crippen molar-refractivity contribution in [3.8, 4) is 23.3 Å². The van der Waals surface area contributed by atoms with Crippen LogP contribution in [0.25, 0.3) is 6.08 Å². The lowest BCUT2D eigenvalue weighted by molar-refractivity contribution is -0.139. The van der Waals surface area contributed by atoms with Gasteiger partial charge in [0.15, 0.2) is 16.3 Å². The predicted molar refractivity (Wildman–Crippen MR) is 182 cm³/mol. The Bertz CT molecular complexity index is 2080. The van der Waals surface area contributed by atoms with Crippen molar-refractivity contribution in [1.29, 1.82) is 5.26 Å². The summed E-state index contributed by atoms with van der Waals surface area (Å²) >= 11 is 8.45. The molecule has 9 nitrogen and oxygen atoms in total. The first-order chi connectivity index (χ1) is 22.2. The standard InChI is InChI=1S/C34H29Br2N3O6S/c1-5-43-28-16-24(35)23(15-27(28)42-4)31-30(33(41)44-6-2)19(3)38-34-39(31)32(40)29(46-34)14-20-11-12-26(25(36)13-20)45-18-22-10-8-7-9-21(22)17-37/h7-16,31H,5-6,18H2,1-4H3/b29-14+/t31-/m1/s1. The number of carbonyl (C=O) groups is 1. The first-order valence-electron chi connectivity index (χ1n) is 14.3. The van der Waals surface area contributed by atoms with Crippen LogP contribution in [0.2, 0.25) is 0 Å². The molecule has 3 aromatic carbocycles. The Morgan fingerprint density at radius 3 is 2.52 bits per heavy atom. The fraction of sp³-hybridized carbons (Fsp3) is 0.235. The molecule has 0 saturated carbocycles. The van der Waals surface area contributed by atoms with E-state index >= 15 is 0 Å². The maximum Gasteiger partial charge on any atom is 0.338 e. The molecular formula is C34H29Br2N3O6S. The summed E-state index contributed by atoms with van der Waals surface area (Å²) in [5, 5.41) is 9.37. The van der Waals surface area contributed by atoms with E-state index in [0.717, 1.165) is 11.1 Å². The number of nitrogens with zero attached hydrogens (tertiary/aromatic N) is 3. The largest absolute Gasteiger partial charge is 0.493 e. The molecule has 236 valence electrons. The number of methoxy groups -OCH3 is 1. The Labute approximate surface area is 286 Å². The summed E-state index contributed by atoms with van der Waals surface area (Å²) in [5.74, 6) is 1.03. The van der Waals surface area contributed by atoms with Gasteiger partial charge in [-0.3, -0.25) is 9.36 Å². The smallest absolute Gasteiger partial charge is 0.338 e. The van der Waals surface area contributed by atoms with Crippen molar-refractivity contribution in [2.75, 3.05) is 20.3 Å². The minimum absolute atomic E-state index is 0.167. The van der Waals surface area contributed by atoms with E-state index in [1.165, 1.54) is 23.0 Å². The Morgan fingerprint density at radius 2 is 1.83 bits per heavy atom. The van der Waals surface area contributed by atoms with Crippen LogP contribution >= 0.6 is 43.2 Å². The summed E-state index contributed by atoms with van der Waals surface area (Å²) in [4.78, 5) is 32.6. The number of thiazole rings is 1. The summed E-state index contributed by atoms with van der Waals surface area (Å²) in [5.41, 5.74) is 3.11. The summed E-state index contributed by atoms with van der Waals surface area (Å²) in [7, 11) is 1.54. The zero-order valence-electron chi connectivity index (χ0n) is 25.4. The molecule has 1 aromatic heterocycles. The van der Waals surface area contributed by atoms with E-state index in [-0.39, 0.29) is 24.3 Å². The Hall–Kier alpha value is -4.18. The molecule has 1 aliphatic rings. The number of fused-ring (bicyclic) bond motifs is 1. The van der Waals surface area contributed by atoms with Crippen LogP contribution in [-0.4, -0.2) is 30.9 Å². The number of benzene rings is 3. The van der Waals surface area contributed by atoms with Gasteiger partial charge in [-0.1, -0.05) is 51.5 Å². The van der Waals surface area contributed by atoms with Crippen LogP contribution in [0, 0.1) is 11.3 Å². The highest BCUT2D eigenvalue weighted by molar-refractivity contribution is 9.10. The van der Waals surface area contributed by atoms with Crippen LogP contribution in [-0.2, 0) is 16.1 Å². The molecule has 0 fully saturated rings. The van der Waals surface area contributed by atoms with E-state index in [1.807, 2.05) is 37.3 Å². The number of allylic oxidation sites excluding steroid dienone is 1. The molecule has 0 N–H and O–H groups in total. The number of rotatable bonds is 10. The van der Waals surface area contributed by atoms with Crippen LogP contribution in [0.1, 0.15) is 49.1 Å². The normalized spacial score (nSPS) is 14.3. The molecule has 0 radical (unpaired) electrons. The topological polar surface area (TPSA) is 112 Å². The van der Waals surface area contributed by atoms with Crippen LogP contribution in [0.3, 0.4) is 0 Å². The number of aromatic nitrogens is 1. The molecule has 0 spiro atoms. The quantitative estimate of drug-likeness (QED) is 0.177. The van der Waals surface area contributed by atoms with Crippen LogP contribution in [0.5, 0.6) is 17.2 Å². The third kappa shape index (κ3) is 6.67. The highest BCUT2D eigenvalue weighted by Crippen LogP contribution is 2.41. The van der Waals surface area contributed by atoms with Gasteiger partial charge in [0.1, 0.15) is 12.4 Å². The molecule has 1 aliphatic heterocycles. The fourth-order valence-electron chi connectivity index (χ4n) is 5.06. The summed E-state index contributed by atoms with van der Waals surface area (Å²) in [6, 6.07) is 17.6. The Balaban J connectivity index is 1.57. The van der Waals surface area contributed by atoms with Crippen molar-refractivity contribution in [3.05, 3.63) is 117 Å². The SMILES string of the molecule is CCOC(=O)C1=C(C)N=c2s/c(=C/c3ccc(OCc4ccccc4C#N)c(Br)c3)c(=O)n2[C@@H]1c1cc(OC)c(OCC)cc1Br. The van der Waals surface area contributed by atoms with Gasteiger partial charge in [0.2, 0.25) is 0 Å². The van der Waals surface area contributed by atoms with Crippen molar-refractivity contribution in [3.63, 3.8) is 0 Å². The number of esters is 1. The van der Waals surface area contributed by atoms with Crippen LogP contribution in [0.4, 0.5) is 0 Å². The third-order valence-electron chi connectivity index (χ3n) is 7.17. The molecule has 2 heterocycles. The lowest BCUT2D eigenvalue weighted by Gasteiger charge is -2.26.